The monoisotopic (exact) mass is 314 g/mol. The average molecular weight is 314 g/mol. The largest absolute Gasteiger partial charge is 0.444 e. The van der Waals surface area contributed by atoms with Gasteiger partial charge in [0.2, 0.25) is 0 Å². The minimum Gasteiger partial charge on any atom is -0.444 e. The summed E-state index contributed by atoms with van der Waals surface area (Å²) in [5.74, 6) is 0.406. The lowest BCUT2D eigenvalue weighted by Gasteiger charge is -2.34. The van der Waals surface area contributed by atoms with Crippen molar-refractivity contribution in [1.82, 2.24) is 4.90 Å². The third kappa shape index (κ3) is 4.21. The summed E-state index contributed by atoms with van der Waals surface area (Å²) < 4.78 is 5.45. The molecule has 23 heavy (non-hydrogen) atoms. The van der Waals surface area contributed by atoms with Crippen LogP contribution in [0.5, 0.6) is 0 Å². The van der Waals surface area contributed by atoms with E-state index in [1.165, 1.54) is 5.56 Å². The zero-order valence-electron chi connectivity index (χ0n) is 14.3. The molecule has 0 N–H and O–H groups in total. The summed E-state index contributed by atoms with van der Waals surface area (Å²) >= 11 is 0. The lowest BCUT2D eigenvalue weighted by molar-refractivity contribution is 0.0205. The van der Waals surface area contributed by atoms with E-state index in [2.05, 4.69) is 24.4 Å². The minimum atomic E-state index is -0.450. The van der Waals surface area contributed by atoms with E-state index in [9.17, 15) is 4.79 Å². The highest BCUT2D eigenvalue weighted by Crippen LogP contribution is 2.35. The molecule has 0 unspecified atom stereocenters. The van der Waals surface area contributed by atoms with E-state index in [1.54, 1.807) is 4.90 Å². The number of benzene rings is 1. The highest BCUT2D eigenvalue weighted by molar-refractivity contribution is 5.69. The zero-order valence-corrected chi connectivity index (χ0v) is 14.3. The second-order valence-corrected chi connectivity index (χ2v) is 6.88. The predicted octanol–water partition coefficient (Wildman–Crippen LogP) is 4.78. The van der Waals surface area contributed by atoms with E-state index in [-0.39, 0.29) is 6.09 Å². The molecule has 1 heterocycles. The van der Waals surface area contributed by atoms with Gasteiger partial charge in [-0.3, -0.25) is 4.99 Å². The van der Waals surface area contributed by atoms with Gasteiger partial charge in [0.1, 0.15) is 5.60 Å². The number of carbonyl (C=O) groups is 1. The second-order valence-electron chi connectivity index (χ2n) is 6.88. The predicted molar refractivity (Wildman–Crippen MR) is 95.5 cm³/mol. The number of ether oxygens (including phenoxy) is 1. The molecule has 1 aliphatic rings. The molecule has 4 nitrogen and oxygen atoms in total. The van der Waals surface area contributed by atoms with Crippen LogP contribution in [0.2, 0.25) is 0 Å². The van der Waals surface area contributed by atoms with Crippen molar-refractivity contribution in [2.75, 3.05) is 13.1 Å². The van der Waals surface area contributed by atoms with Gasteiger partial charge in [0.05, 0.1) is 5.69 Å². The van der Waals surface area contributed by atoms with Gasteiger partial charge >= 0.3 is 6.09 Å². The van der Waals surface area contributed by atoms with Crippen molar-refractivity contribution in [3.8, 4) is 0 Å². The van der Waals surface area contributed by atoms with E-state index in [0.29, 0.717) is 19.0 Å². The van der Waals surface area contributed by atoms with Gasteiger partial charge in [0.25, 0.3) is 0 Å². The van der Waals surface area contributed by atoms with Crippen LogP contribution in [0.4, 0.5) is 10.5 Å². The molecule has 0 aliphatic carbocycles. The quantitative estimate of drug-likeness (QED) is 0.754. The summed E-state index contributed by atoms with van der Waals surface area (Å²) in [6.07, 6.45) is 3.46. The molecule has 0 saturated carbocycles. The summed E-state index contributed by atoms with van der Waals surface area (Å²) in [7, 11) is 0. The van der Waals surface area contributed by atoms with Crippen molar-refractivity contribution in [3.05, 3.63) is 35.9 Å². The molecule has 0 aromatic heterocycles. The molecule has 0 spiro atoms. The van der Waals surface area contributed by atoms with Crippen LogP contribution in [0.15, 0.2) is 29.8 Å². The van der Waals surface area contributed by atoms with Gasteiger partial charge in [-0.1, -0.05) is 24.8 Å². The molecule has 1 amide bonds. The molecule has 1 aliphatic heterocycles. The van der Waals surface area contributed by atoms with Crippen molar-refractivity contribution < 1.29 is 9.53 Å². The smallest absolute Gasteiger partial charge is 0.410 e. The topological polar surface area (TPSA) is 41.9 Å². The van der Waals surface area contributed by atoms with Crippen molar-refractivity contribution in [1.29, 1.82) is 0 Å². The van der Waals surface area contributed by atoms with Crippen LogP contribution in [0.3, 0.4) is 0 Å². The minimum absolute atomic E-state index is 0.221. The van der Waals surface area contributed by atoms with Crippen molar-refractivity contribution in [2.45, 2.75) is 45.1 Å². The molecule has 2 rings (SSSR count). The van der Waals surface area contributed by atoms with E-state index in [1.807, 2.05) is 39.0 Å². The van der Waals surface area contributed by atoms with Crippen molar-refractivity contribution >= 4 is 24.6 Å². The van der Waals surface area contributed by atoms with Crippen LogP contribution in [0, 0.1) is 0 Å². The summed E-state index contributed by atoms with van der Waals surface area (Å²) in [6.45, 7) is 14.6. The van der Waals surface area contributed by atoms with Crippen LogP contribution in [0.1, 0.15) is 50.7 Å². The fraction of sp³-hybridized carbons (Fsp3) is 0.474. The summed E-state index contributed by atoms with van der Waals surface area (Å²) in [5, 5.41) is 0. The highest BCUT2D eigenvalue weighted by atomic mass is 16.6. The number of hydrogen-bond acceptors (Lipinski definition) is 3. The Bertz CT molecular complexity index is 594. The summed E-state index contributed by atoms with van der Waals surface area (Å²) in [6, 6.07) is 6.08. The Morgan fingerprint density at radius 3 is 2.52 bits per heavy atom. The maximum Gasteiger partial charge on any atom is 0.410 e. The third-order valence-electron chi connectivity index (χ3n) is 4.08. The second kappa shape index (κ2) is 6.99. The summed E-state index contributed by atoms with van der Waals surface area (Å²) in [4.78, 5) is 18.0. The maximum atomic E-state index is 12.1. The normalized spacial score (nSPS) is 16.0. The molecular formula is C19H26N2O2. The lowest BCUT2D eigenvalue weighted by Crippen LogP contribution is -2.41. The third-order valence-corrected chi connectivity index (χ3v) is 4.08. The molecule has 0 bridgehead atoms. The van der Waals surface area contributed by atoms with E-state index < -0.39 is 5.60 Å². The summed E-state index contributed by atoms with van der Waals surface area (Å²) in [5.41, 5.74) is 2.72. The first kappa shape index (κ1) is 17.3. The Kier molecular flexibility index (Phi) is 5.24. The zero-order chi connectivity index (χ0) is 17.0. The van der Waals surface area contributed by atoms with Crippen LogP contribution in [0.25, 0.3) is 6.08 Å². The van der Waals surface area contributed by atoms with Gasteiger partial charge in [-0.15, -0.1) is 0 Å². The Morgan fingerprint density at radius 1 is 1.35 bits per heavy atom. The fourth-order valence-corrected chi connectivity index (χ4v) is 2.99. The van der Waals surface area contributed by atoms with Gasteiger partial charge in [-0.2, -0.15) is 0 Å². The molecule has 1 fully saturated rings. The van der Waals surface area contributed by atoms with E-state index in [4.69, 9.17) is 4.74 Å². The van der Waals surface area contributed by atoms with Crippen LogP contribution in [-0.4, -0.2) is 36.4 Å². The lowest BCUT2D eigenvalue weighted by atomic mass is 9.86. The molecule has 0 radical (unpaired) electrons. The molecule has 1 aromatic rings. The van der Waals surface area contributed by atoms with Gasteiger partial charge < -0.3 is 9.64 Å². The first-order valence-corrected chi connectivity index (χ1v) is 8.05. The van der Waals surface area contributed by atoms with Crippen molar-refractivity contribution in [2.24, 2.45) is 4.99 Å². The van der Waals surface area contributed by atoms with Crippen LogP contribution < -0.4 is 0 Å². The highest BCUT2D eigenvalue weighted by Gasteiger charge is 2.28. The van der Waals surface area contributed by atoms with Crippen molar-refractivity contribution in [3.63, 3.8) is 0 Å². The first-order chi connectivity index (χ1) is 10.9. The average Bonchev–Trinajstić information content (AvgIpc) is 2.52. The van der Waals surface area contributed by atoms with Gasteiger partial charge in [-0.25, -0.2) is 4.79 Å². The maximum absolute atomic E-state index is 12.1. The molecule has 1 aromatic carbocycles. The standard InChI is InChI=1S/C19H26N2O2/c1-6-15-16(8-7-9-17(15)20-5)14-10-12-21(13-11-14)18(22)23-19(2,3)4/h6-9,14H,1,5,10-13H2,2-4H3. The van der Waals surface area contributed by atoms with Crippen LogP contribution in [-0.2, 0) is 4.74 Å². The number of carbonyl (C=O) groups excluding carboxylic acids is 1. The molecule has 0 atom stereocenters. The molecule has 1 saturated heterocycles. The van der Waals surface area contributed by atoms with E-state index in [0.717, 1.165) is 24.1 Å². The van der Waals surface area contributed by atoms with Gasteiger partial charge in [0.15, 0.2) is 0 Å². The number of amides is 1. The van der Waals surface area contributed by atoms with Gasteiger partial charge in [0, 0.05) is 18.7 Å². The number of piperidine rings is 1. The van der Waals surface area contributed by atoms with Gasteiger partial charge in [-0.05, 0) is 57.9 Å². The Hall–Kier alpha value is -2.10. The number of aliphatic imine (C=N–C) groups is 1. The van der Waals surface area contributed by atoms with Crippen LogP contribution >= 0.6 is 0 Å². The number of rotatable bonds is 3. The molecular weight excluding hydrogens is 288 g/mol. The Labute approximate surface area is 138 Å². The first-order valence-electron chi connectivity index (χ1n) is 8.05. The van der Waals surface area contributed by atoms with E-state index >= 15 is 0 Å². The molecule has 124 valence electrons. The SMILES string of the molecule is C=Cc1c(N=C)cccc1C1CCN(C(=O)OC(C)(C)C)CC1. The fourth-order valence-electron chi connectivity index (χ4n) is 2.99. The Balaban J connectivity index is 2.07. The number of nitrogens with zero attached hydrogens (tertiary/aromatic N) is 2. The number of likely N-dealkylation sites (tertiary alicyclic amines) is 1. The molecule has 4 heteroatoms. The number of hydrogen-bond donors (Lipinski definition) is 0. The Morgan fingerprint density at radius 2 is 2.00 bits per heavy atom.